The van der Waals surface area contributed by atoms with E-state index in [1.54, 1.807) is 6.07 Å². The minimum absolute atomic E-state index is 0.138. The number of aromatic hydroxyl groups is 1. The Hall–Kier alpha value is -1.71. The summed E-state index contributed by atoms with van der Waals surface area (Å²) in [6, 6.07) is 3.10. The van der Waals surface area contributed by atoms with Crippen LogP contribution in [-0.4, -0.2) is 22.3 Å². The third kappa shape index (κ3) is 2.94. The molecule has 2 N–H and O–H groups in total. The molecule has 0 aromatic heterocycles. The summed E-state index contributed by atoms with van der Waals surface area (Å²) in [6.45, 7) is 9.61. The Kier molecular flexibility index (Phi) is 3.89. The van der Waals surface area contributed by atoms with Gasteiger partial charge in [0.25, 0.3) is 0 Å². The maximum Gasteiger partial charge on any atom is 0.339 e. The molecule has 0 fully saturated rings. The number of benzene rings is 1. The fourth-order valence-electron chi connectivity index (χ4n) is 1.69. The quantitative estimate of drug-likeness (QED) is 0.867. The number of carbonyl (C=O) groups is 1. The predicted octanol–water partition coefficient (Wildman–Crippen LogP) is 3.18. The van der Waals surface area contributed by atoms with Gasteiger partial charge < -0.3 is 14.9 Å². The zero-order chi connectivity index (χ0) is 14.1. The molecular formula is C14H20O4. The van der Waals surface area contributed by atoms with Crippen molar-refractivity contribution in [2.45, 2.75) is 46.1 Å². The van der Waals surface area contributed by atoms with Gasteiger partial charge in [-0.2, -0.15) is 0 Å². The van der Waals surface area contributed by atoms with Gasteiger partial charge in [-0.15, -0.1) is 0 Å². The third-order valence-corrected chi connectivity index (χ3v) is 2.52. The topological polar surface area (TPSA) is 66.8 Å². The van der Waals surface area contributed by atoms with Crippen LogP contribution in [0.2, 0.25) is 0 Å². The van der Waals surface area contributed by atoms with Crippen LogP contribution < -0.4 is 4.74 Å². The van der Waals surface area contributed by atoms with Crippen LogP contribution >= 0.6 is 0 Å². The van der Waals surface area contributed by atoms with Gasteiger partial charge in [-0.1, -0.05) is 26.8 Å². The second kappa shape index (κ2) is 4.88. The van der Waals surface area contributed by atoms with E-state index in [0.717, 1.165) is 5.56 Å². The van der Waals surface area contributed by atoms with E-state index in [9.17, 15) is 9.90 Å². The van der Waals surface area contributed by atoms with Crippen LogP contribution in [-0.2, 0) is 5.41 Å². The van der Waals surface area contributed by atoms with E-state index < -0.39 is 5.97 Å². The Morgan fingerprint density at radius 2 is 1.83 bits per heavy atom. The molecule has 0 heterocycles. The lowest BCUT2D eigenvalue weighted by atomic mass is 9.85. The highest BCUT2D eigenvalue weighted by Crippen LogP contribution is 2.40. The van der Waals surface area contributed by atoms with Gasteiger partial charge in [0.2, 0.25) is 0 Å². The van der Waals surface area contributed by atoms with Gasteiger partial charge in [-0.05, 0) is 25.3 Å². The molecule has 0 saturated carbocycles. The highest BCUT2D eigenvalue weighted by atomic mass is 16.5. The van der Waals surface area contributed by atoms with Crippen molar-refractivity contribution in [2.75, 3.05) is 0 Å². The Labute approximate surface area is 107 Å². The summed E-state index contributed by atoms with van der Waals surface area (Å²) in [5.74, 6) is -1.21. The number of phenols is 1. The van der Waals surface area contributed by atoms with Crippen molar-refractivity contribution in [3.05, 3.63) is 23.3 Å². The van der Waals surface area contributed by atoms with E-state index in [1.807, 2.05) is 34.6 Å². The van der Waals surface area contributed by atoms with E-state index in [-0.39, 0.29) is 28.6 Å². The minimum atomic E-state index is -1.17. The highest BCUT2D eigenvalue weighted by molar-refractivity contribution is 5.92. The Morgan fingerprint density at radius 1 is 1.28 bits per heavy atom. The van der Waals surface area contributed by atoms with E-state index in [4.69, 9.17) is 9.84 Å². The number of hydrogen-bond donors (Lipinski definition) is 2. The molecule has 0 atom stereocenters. The van der Waals surface area contributed by atoms with Gasteiger partial charge in [0.05, 0.1) is 6.10 Å². The number of carboxylic acid groups (broad SMARTS) is 1. The first-order valence-corrected chi connectivity index (χ1v) is 5.91. The first-order valence-electron chi connectivity index (χ1n) is 5.91. The van der Waals surface area contributed by atoms with Crippen LogP contribution in [0.3, 0.4) is 0 Å². The molecule has 4 nitrogen and oxygen atoms in total. The van der Waals surface area contributed by atoms with Crippen molar-refractivity contribution >= 4 is 5.97 Å². The fraction of sp³-hybridized carbons (Fsp3) is 0.500. The molecular weight excluding hydrogens is 232 g/mol. The molecule has 1 aromatic rings. The van der Waals surface area contributed by atoms with Gasteiger partial charge in [0, 0.05) is 5.56 Å². The molecule has 0 unspecified atom stereocenters. The average Bonchev–Trinajstić information content (AvgIpc) is 2.17. The second-order valence-corrected chi connectivity index (χ2v) is 5.56. The van der Waals surface area contributed by atoms with Crippen LogP contribution in [0.25, 0.3) is 0 Å². The molecule has 0 bridgehead atoms. The smallest absolute Gasteiger partial charge is 0.339 e. The minimum Gasteiger partial charge on any atom is -0.504 e. The first kappa shape index (κ1) is 14.4. The molecule has 0 amide bonds. The maximum atomic E-state index is 11.0. The van der Waals surface area contributed by atoms with Crippen molar-refractivity contribution in [1.29, 1.82) is 0 Å². The highest BCUT2D eigenvalue weighted by Gasteiger charge is 2.25. The van der Waals surface area contributed by atoms with E-state index in [0.29, 0.717) is 0 Å². The lowest BCUT2D eigenvalue weighted by Gasteiger charge is -2.25. The summed E-state index contributed by atoms with van der Waals surface area (Å²) in [6.07, 6.45) is -0.138. The Balaban J connectivity index is 3.46. The zero-order valence-corrected chi connectivity index (χ0v) is 11.4. The summed E-state index contributed by atoms with van der Waals surface area (Å²) in [7, 11) is 0. The molecule has 4 heteroatoms. The van der Waals surface area contributed by atoms with Crippen molar-refractivity contribution in [3.8, 4) is 11.5 Å². The third-order valence-electron chi connectivity index (χ3n) is 2.52. The van der Waals surface area contributed by atoms with E-state index >= 15 is 0 Å². The number of aromatic carboxylic acids is 1. The first-order chi connectivity index (χ1) is 8.14. The van der Waals surface area contributed by atoms with Crippen molar-refractivity contribution < 1.29 is 19.7 Å². The Bertz CT molecular complexity index is 456. The molecule has 18 heavy (non-hydrogen) atoms. The average molecular weight is 252 g/mol. The largest absolute Gasteiger partial charge is 0.504 e. The maximum absolute atomic E-state index is 11.0. The van der Waals surface area contributed by atoms with Crippen LogP contribution in [0.4, 0.5) is 0 Å². The standard InChI is InChI=1S/C14H20O4/c1-8(2)18-12-10(14(3,4)5)7-6-9(11(12)15)13(16)17/h6-8,15H,1-5H3,(H,16,17). The molecule has 0 saturated heterocycles. The summed E-state index contributed by atoms with van der Waals surface area (Å²) in [4.78, 5) is 11.0. The number of hydrogen-bond acceptors (Lipinski definition) is 3. The van der Waals surface area contributed by atoms with Crippen molar-refractivity contribution in [2.24, 2.45) is 0 Å². The monoisotopic (exact) mass is 252 g/mol. The SMILES string of the molecule is CC(C)Oc1c(C(C)(C)C)ccc(C(=O)O)c1O. The van der Waals surface area contributed by atoms with Crippen LogP contribution in [0.15, 0.2) is 12.1 Å². The summed E-state index contributed by atoms with van der Waals surface area (Å²) in [5, 5.41) is 19.0. The molecule has 0 radical (unpaired) electrons. The molecule has 1 aromatic carbocycles. The number of carboxylic acids is 1. The van der Waals surface area contributed by atoms with Gasteiger partial charge in [-0.25, -0.2) is 4.79 Å². The van der Waals surface area contributed by atoms with Crippen molar-refractivity contribution in [3.63, 3.8) is 0 Å². The summed E-state index contributed by atoms with van der Waals surface area (Å²) >= 11 is 0. The molecule has 0 aliphatic carbocycles. The fourth-order valence-corrected chi connectivity index (χ4v) is 1.69. The predicted molar refractivity (Wildman–Crippen MR) is 69.5 cm³/mol. The van der Waals surface area contributed by atoms with Crippen LogP contribution in [0, 0.1) is 0 Å². The van der Waals surface area contributed by atoms with E-state index in [1.165, 1.54) is 6.07 Å². The summed E-state index contributed by atoms with van der Waals surface area (Å²) in [5.41, 5.74) is 0.413. The van der Waals surface area contributed by atoms with E-state index in [2.05, 4.69) is 0 Å². The van der Waals surface area contributed by atoms with Gasteiger partial charge >= 0.3 is 5.97 Å². The lowest BCUT2D eigenvalue weighted by Crippen LogP contribution is -2.17. The second-order valence-electron chi connectivity index (χ2n) is 5.56. The molecule has 0 aliphatic heterocycles. The Morgan fingerprint density at radius 3 is 2.22 bits per heavy atom. The van der Waals surface area contributed by atoms with Crippen LogP contribution in [0.1, 0.15) is 50.5 Å². The normalized spacial score (nSPS) is 11.7. The molecule has 0 spiro atoms. The number of rotatable bonds is 3. The lowest BCUT2D eigenvalue weighted by molar-refractivity contribution is 0.0692. The molecule has 0 aliphatic rings. The van der Waals surface area contributed by atoms with Gasteiger partial charge in [0.1, 0.15) is 5.56 Å². The zero-order valence-electron chi connectivity index (χ0n) is 11.4. The van der Waals surface area contributed by atoms with Gasteiger partial charge in [0.15, 0.2) is 11.5 Å². The summed E-state index contributed by atoms with van der Waals surface area (Å²) < 4.78 is 5.58. The molecule has 100 valence electrons. The number of ether oxygens (including phenoxy) is 1. The van der Waals surface area contributed by atoms with Crippen molar-refractivity contribution in [1.82, 2.24) is 0 Å². The van der Waals surface area contributed by atoms with Gasteiger partial charge in [-0.3, -0.25) is 0 Å². The van der Waals surface area contributed by atoms with Crippen LogP contribution in [0.5, 0.6) is 11.5 Å². The molecule has 1 rings (SSSR count).